The molecule has 0 radical (unpaired) electrons. The van der Waals surface area contributed by atoms with Crippen molar-refractivity contribution >= 4 is 5.91 Å². The Morgan fingerprint density at radius 2 is 2.05 bits per heavy atom. The lowest BCUT2D eigenvalue weighted by atomic mass is 9.78. The highest BCUT2D eigenvalue weighted by molar-refractivity contribution is 5.75. The number of amides is 1. The van der Waals surface area contributed by atoms with Crippen LogP contribution in [-0.4, -0.2) is 36.2 Å². The lowest BCUT2D eigenvalue weighted by Gasteiger charge is -2.35. The van der Waals surface area contributed by atoms with Crippen molar-refractivity contribution in [2.75, 3.05) is 19.6 Å². The SMILES string of the molecule is CCC1CCC(O)(CNC(=O)CCC2CCNC2)CC1. The van der Waals surface area contributed by atoms with Gasteiger partial charge in [-0.25, -0.2) is 0 Å². The molecular weight excluding hydrogens is 252 g/mol. The van der Waals surface area contributed by atoms with E-state index in [-0.39, 0.29) is 5.91 Å². The number of carbonyl (C=O) groups is 1. The maximum atomic E-state index is 11.9. The van der Waals surface area contributed by atoms with Crippen LogP contribution in [0.25, 0.3) is 0 Å². The zero-order valence-electron chi connectivity index (χ0n) is 12.8. The molecule has 1 heterocycles. The van der Waals surface area contributed by atoms with Crippen LogP contribution >= 0.6 is 0 Å². The van der Waals surface area contributed by atoms with Gasteiger partial charge in [-0.05, 0) is 63.5 Å². The molecule has 0 aromatic carbocycles. The van der Waals surface area contributed by atoms with Crippen LogP contribution in [-0.2, 0) is 4.79 Å². The van der Waals surface area contributed by atoms with E-state index in [0.717, 1.165) is 51.1 Å². The van der Waals surface area contributed by atoms with E-state index in [1.54, 1.807) is 0 Å². The normalized spacial score (nSPS) is 34.1. The zero-order chi connectivity index (χ0) is 14.4. The predicted molar refractivity (Wildman–Crippen MR) is 80.4 cm³/mol. The molecule has 3 N–H and O–H groups in total. The summed E-state index contributed by atoms with van der Waals surface area (Å²) < 4.78 is 0. The number of rotatable bonds is 6. The standard InChI is InChI=1S/C16H30N2O2/c1-2-13-5-8-16(20,9-6-13)12-18-15(19)4-3-14-7-10-17-11-14/h13-14,17,20H,2-12H2,1H3,(H,18,19). The second kappa shape index (κ2) is 7.41. The van der Waals surface area contributed by atoms with E-state index < -0.39 is 5.60 Å². The fourth-order valence-electron chi connectivity index (χ4n) is 3.45. The van der Waals surface area contributed by atoms with E-state index in [4.69, 9.17) is 0 Å². The molecule has 0 aromatic heterocycles. The number of carbonyl (C=O) groups excluding carboxylic acids is 1. The maximum absolute atomic E-state index is 11.9. The van der Waals surface area contributed by atoms with E-state index in [0.29, 0.717) is 18.9 Å². The number of aliphatic hydroxyl groups is 1. The van der Waals surface area contributed by atoms with Crippen LogP contribution in [0, 0.1) is 11.8 Å². The van der Waals surface area contributed by atoms with Crippen LogP contribution in [0.4, 0.5) is 0 Å². The number of nitrogens with one attached hydrogen (secondary N) is 2. The molecule has 1 saturated heterocycles. The van der Waals surface area contributed by atoms with Gasteiger partial charge in [0.15, 0.2) is 0 Å². The Balaban J connectivity index is 1.62. The molecule has 4 nitrogen and oxygen atoms in total. The molecule has 1 amide bonds. The molecule has 4 heteroatoms. The summed E-state index contributed by atoms with van der Waals surface area (Å²) in [7, 11) is 0. The summed E-state index contributed by atoms with van der Waals surface area (Å²) in [6, 6.07) is 0. The van der Waals surface area contributed by atoms with Crippen LogP contribution < -0.4 is 10.6 Å². The van der Waals surface area contributed by atoms with Crippen molar-refractivity contribution < 1.29 is 9.90 Å². The molecule has 1 aliphatic heterocycles. The summed E-state index contributed by atoms with van der Waals surface area (Å²) in [6.45, 7) is 4.79. The molecule has 0 aromatic rings. The predicted octanol–water partition coefficient (Wildman–Crippen LogP) is 1.82. The Morgan fingerprint density at radius 1 is 1.30 bits per heavy atom. The zero-order valence-corrected chi connectivity index (χ0v) is 12.8. The molecule has 2 rings (SSSR count). The van der Waals surface area contributed by atoms with Gasteiger partial charge in [-0.2, -0.15) is 0 Å². The lowest BCUT2D eigenvalue weighted by Crippen LogP contribution is -2.45. The topological polar surface area (TPSA) is 61.4 Å². The molecular formula is C16H30N2O2. The van der Waals surface area contributed by atoms with Crippen LogP contribution in [0.5, 0.6) is 0 Å². The van der Waals surface area contributed by atoms with E-state index >= 15 is 0 Å². The quantitative estimate of drug-likeness (QED) is 0.696. The molecule has 2 aliphatic rings. The van der Waals surface area contributed by atoms with Crippen molar-refractivity contribution in [3.63, 3.8) is 0 Å². The average Bonchev–Trinajstić information content (AvgIpc) is 2.97. The third-order valence-corrected chi connectivity index (χ3v) is 5.17. The van der Waals surface area contributed by atoms with Crippen LogP contribution in [0.15, 0.2) is 0 Å². The Labute approximate surface area is 122 Å². The fourth-order valence-corrected chi connectivity index (χ4v) is 3.45. The van der Waals surface area contributed by atoms with E-state index in [2.05, 4.69) is 17.6 Å². The Bertz CT molecular complexity index is 306. The minimum absolute atomic E-state index is 0.0999. The first-order valence-corrected chi connectivity index (χ1v) is 8.31. The molecule has 1 aliphatic carbocycles. The molecule has 1 atom stereocenters. The Kier molecular flexibility index (Phi) is 5.85. The fraction of sp³-hybridized carbons (Fsp3) is 0.938. The van der Waals surface area contributed by atoms with Crippen LogP contribution in [0.3, 0.4) is 0 Å². The Morgan fingerprint density at radius 3 is 2.65 bits per heavy atom. The molecule has 2 fully saturated rings. The monoisotopic (exact) mass is 282 g/mol. The van der Waals surface area contributed by atoms with Gasteiger partial charge in [-0.1, -0.05) is 13.3 Å². The third kappa shape index (κ3) is 4.74. The summed E-state index contributed by atoms with van der Waals surface area (Å²) in [5.41, 5.74) is -0.657. The minimum atomic E-state index is -0.657. The van der Waals surface area contributed by atoms with Crippen LogP contribution in [0.1, 0.15) is 58.3 Å². The second-order valence-corrected chi connectivity index (χ2v) is 6.75. The summed E-state index contributed by atoms with van der Waals surface area (Å²) in [6.07, 6.45) is 7.81. The van der Waals surface area contributed by atoms with Crippen molar-refractivity contribution in [1.82, 2.24) is 10.6 Å². The number of hydrogen-bond acceptors (Lipinski definition) is 3. The van der Waals surface area contributed by atoms with Gasteiger partial charge in [0.25, 0.3) is 0 Å². The highest BCUT2D eigenvalue weighted by Gasteiger charge is 2.32. The molecule has 1 unspecified atom stereocenters. The minimum Gasteiger partial charge on any atom is -0.388 e. The molecule has 0 spiro atoms. The van der Waals surface area contributed by atoms with Crippen molar-refractivity contribution in [2.45, 2.75) is 63.9 Å². The highest BCUT2D eigenvalue weighted by atomic mass is 16.3. The summed E-state index contributed by atoms with van der Waals surface area (Å²) in [5.74, 6) is 1.52. The largest absolute Gasteiger partial charge is 0.388 e. The van der Waals surface area contributed by atoms with E-state index in [9.17, 15) is 9.90 Å². The smallest absolute Gasteiger partial charge is 0.220 e. The van der Waals surface area contributed by atoms with Gasteiger partial charge in [-0.3, -0.25) is 4.79 Å². The summed E-state index contributed by atoms with van der Waals surface area (Å²) in [4.78, 5) is 11.9. The molecule has 0 bridgehead atoms. The number of hydrogen-bond donors (Lipinski definition) is 3. The van der Waals surface area contributed by atoms with E-state index in [1.807, 2.05) is 0 Å². The first kappa shape index (κ1) is 15.8. The van der Waals surface area contributed by atoms with Gasteiger partial charge < -0.3 is 15.7 Å². The van der Waals surface area contributed by atoms with Crippen molar-refractivity contribution in [3.8, 4) is 0 Å². The lowest BCUT2D eigenvalue weighted by molar-refractivity contribution is -0.123. The van der Waals surface area contributed by atoms with Crippen molar-refractivity contribution in [2.24, 2.45) is 11.8 Å². The average molecular weight is 282 g/mol. The van der Waals surface area contributed by atoms with E-state index in [1.165, 1.54) is 12.8 Å². The highest BCUT2D eigenvalue weighted by Crippen LogP contribution is 2.33. The first-order valence-electron chi connectivity index (χ1n) is 8.31. The van der Waals surface area contributed by atoms with Crippen LogP contribution in [0.2, 0.25) is 0 Å². The molecule has 20 heavy (non-hydrogen) atoms. The van der Waals surface area contributed by atoms with Gasteiger partial charge in [0.2, 0.25) is 5.91 Å². The second-order valence-electron chi connectivity index (χ2n) is 6.75. The van der Waals surface area contributed by atoms with Crippen molar-refractivity contribution in [3.05, 3.63) is 0 Å². The van der Waals surface area contributed by atoms with Gasteiger partial charge >= 0.3 is 0 Å². The van der Waals surface area contributed by atoms with Crippen molar-refractivity contribution in [1.29, 1.82) is 0 Å². The molecule has 1 saturated carbocycles. The molecule has 116 valence electrons. The van der Waals surface area contributed by atoms with Gasteiger partial charge in [0.05, 0.1) is 5.60 Å². The first-order chi connectivity index (χ1) is 9.61. The summed E-state index contributed by atoms with van der Waals surface area (Å²) in [5, 5.41) is 16.8. The van der Waals surface area contributed by atoms with Gasteiger partial charge in [0, 0.05) is 13.0 Å². The third-order valence-electron chi connectivity index (χ3n) is 5.17. The van der Waals surface area contributed by atoms with Gasteiger partial charge in [0.1, 0.15) is 0 Å². The Hall–Kier alpha value is -0.610. The summed E-state index contributed by atoms with van der Waals surface area (Å²) >= 11 is 0. The van der Waals surface area contributed by atoms with Gasteiger partial charge in [-0.15, -0.1) is 0 Å². The maximum Gasteiger partial charge on any atom is 0.220 e.